The molecule has 2 atom stereocenters. The van der Waals surface area contributed by atoms with Crippen molar-refractivity contribution in [3.63, 3.8) is 0 Å². The van der Waals surface area contributed by atoms with Gasteiger partial charge in [0.05, 0.1) is 19.3 Å². The van der Waals surface area contributed by atoms with Crippen LogP contribution in [0.15, 0.2) is 0 Å². The van der Waals surface area contributed by atoms with Crippen LogP contribution in [0.25, 0.3) is 0 Å². The second kappa shape index (κ2) is 7.17. The monoisotopic (exact) mass is 216 g/mol. The lowest BCUT2D eigenvalue weighted by Gasteiger charge is -2.36. The van der Waals surface area contributed by atoms with E-state index in [1.54, 1.807) is 0 Å². The Labute approximate surface area is 92.7 Å². The minimum absolute atomic E-state index is 0.169. The molecule has 4 nitrogen and oxygen atoms in total. The third-order valence-electron chi connectivity index (χ3n) is 2.92. The molecule has 1 aliphatic rings. The van der Waals surface area contributed by atoms with Crippen LogP contribution >= 0.6 is 0 Å². The van der Waals surface area contributed by atoms with E-state index in [9.17, 15) is 0 Å². The van der Waals surface area contributed by atoms with Gasteiger partial charge >= 0.3 is 0 Å². The van der Waals surface area contributed by atoms with E-state index in [0.29, 0.717) is 12.6 Å². The van der Waals surface area contributed by atoms with Crippen molar-refractivity contribution in [1.82, 2.24) is 4.90 Å². The van der Waals surface area contributed by atoms with Crippen LogP contribution in [0.5, 0.6) is 0 Å². The highest BCUT2D eigenvalue weighted by Gasteiger charge is 2.23. The Morgan fingerprint density at radius 2 is 2.33 bits per heavy atom. The lowest BCUT2D eigenvalue weighted by Crippen LogP contribution is -2.49. The van der Waals surface area contributed by atoms with Crippen molar-refractivity contribution in [3.8, 4) is 0 Å². The van der Waals surface area contributed by atoms with E-state index in [1.165, 1.54) is 0 Å². The summed E-state index contributed by atoms with van der Waals surface area (Å²) in [5.74, 6) is 0. The molecule has 1 saturated heterocycles. The molecule has 0 aliphatic carbocycles. The molecule has 0 spiro atoms. The zero-order chi connectivity index (χ0) is 11.1. The Hall–Kier alpha value is -0.160. The van der Waals surface area contributed by atoms with Gasteiger partial charge < -0.3 is 15.2 Å². The molecule has 1 aliphatic heterocycles. The van der Waals surface area contributed by atoms with Crippen molar-refractivity contribution in [1.29, 1.82) is 0 Å². The van der Waals surface area contributed by atoms with Gasteiger partial charge in [0.25, 0.3) is 0 Å². The molecular weight excluding hydrogens is 192 g/mol. The number of nitrogens with two attached hydrogens (primary N) is 1. The highest BCUT2D eigenvalue weighted by Crippen LogP contribution is 2.11. The Morgan fingerprint density at radius 3 is 2.93 bits per heavy atom. The number of morpholine rings is 1. The van der Waals surface area contributed by atoms with Crippen LogP contribution in [-0.4, -0.2) is 56.5 Å². The Kier molecular flexibility index (Phi) is 6.17. The molecule has 0 amide bonds. The minimum atomic E-state index is 0.169. The van der Waals surface area contributed by atoms with Crippen LogP contribution in [0.4, 0.5) is 0 Å². The predicted octanol–water partition coefficient (Wildman–Crippen LogP) is 0.461. The summed E-state index contributed by atoms with van der Waals surface area (Å²) in [6.07, 6.45) is 1.30. The molecule has 2 N–H and O–H groups in total. The first-order chi connectivity index (χ1) is 7.31. The molecule has 1 fully saturated rings. The zero-order valence-corrected chi connectivity index (χ0v) is 9.95. The van der Waals surface area contributed by atoms with Crippen LogP contribution < -0.4 is 5.73 Å². The van der Waals surface area contributed by atoms with Crippen molar-refractivity contribution in [2.45, 2.75) is 32.4 Å². The smallest absolute Gasteiger partial charge is 0.0823 e. The molecule has 0 radical (unpaired) electrons. The van der Waals surface area contributed by atoms with Crippen molar-refractivity contribution < 1.29 is 9.47 Å². The predicted molar refractivity (Wildman–Crippen MR) is 60.9 cm³/mol. The first-order valence-electron chi connectivity index (χ1n) is 5.95. The largest absolute Gasteiger partial charge is 0.378 e. The normalized spacial score (nSPS) is 25.4. The van der Waals surface area contributed by atoms with Crippen molar-refractivity contribution in [2.75, 3.05) is 39.5 Å². The average Bonchev–Trinajstić information content (AvgIpc) is 2.29. The lowest BCUT2D eigenvalue weighted by atomic mass is 10.1. The Bertz CT molecular complexity index is 167. The van der Waals surface area contributed by atoms with E-state index >= 15 is 0 Å². The molecule has 90 valence electrons. The van der Waals surface area contributed by atoms with Crippen molar-refractivity contribution >= 4 is 0 Å². The van der Waals surface area contributed by atoms with Crippen LogP contribution in [-0.2, 0) is 9.47 Å². The van der Waals surface area contributed by atoms with E-state index in [1.807, 2.05) is 6.92 Å². The topological polar surface area (TPSA) is 47.7 Å². The summed E-state index contributed by atoms with van der Waals surface area (Å²) in [6.45, 7) is 9.17. The van der Waals surface area contributed by atoms with E-state index in [2.05, 4.69) is 11.8 Å². The van der Waals surface area contributed by atoms with Crippen molar-refractivity contribution in [3.05, 3.63) is 0 Å². The first kappa shape index (κ1) is 12.9. The third-order valence-corrected chi connectivity index (χ3v) is 2.92. The molecule has 0 aromatic heterocycles. The maximum atomic E-state index is 5.68. The fourth-order valence-corrected chi connectivity index (χ4v) is 2.00. The zero-order valence-electron chi connectivity index (χ0n) is 9.95. The third kappa shape index (κ3) is 4.07. The summed E-state index contributed by atoms with van der Waals surface area (Å²) in [5, 5.41) is 0. The molecule has 1 heterocycles. The summed E-state index contributed by atoms with van der Waals surface area (Å²) < 4.78 is 11.0. The summed E-state index contributed by atoms with van der Waals surface area (Å²) >= 11 is 0. The van der Waals surface area contributed by atoms with E-state index in [-0.39, 0.29) is 6.10 Å². The van der Waals surface area contributed by atoms with Gasteiger partial charge in [0.15, 0.2) is 0 Å². The van der Waals surface area contributed by atoms with Gasteiger partial charge in [-0.25, -0.2) is 0 Å². The molecule has 0 aromatic carbocycles. The molecule has 1 rings (SSSR count). The van der Waals surface area contributed by atoms with Crippen LogP contribution in [0.1, 0.15) is 20.3 Å². The van der Waals surface area contributed by atoms with Crippen LogP contribution in [0, 0.1) is 0 Å². The summed E-state index contributed by atoms with van der Waals surface area (Å²) in [6, 6.07) is 0.535. The molecule has 4 heteroatoms. The highest BCUT2D eigenvalue weighted by atomic mass is 16.5. The summed E-state index contributed by atoms with van der Waals surface area (Å²) in [5.41, 5.74) is 5.68. The maximum Gasteiger partial charge on any atom is 0.0823 e. The molecule has 0 aromatic rings. The lowest BCUT2D eigenvalue weighted by molar-refractivity contribution is -0.0392. The standard InChI is InChI=1S/C11H24N2O2/c1-3-10-9-14-6-5-13(10)8-11(7-12)15-4-2/h10-11H,3-9,12H2,1-2H3. The first-order valence-corrected chi connectivity index (χ1v) is 5.95. The van der Waals surface area contributed by atoms with Gasteiger partial charge in [-0.3, -0.25) is 4.90 Å². The summed E-state index contributed by atoms with van der Waals surface area (Å²) in [4.78, 5) is 2.44. The average molecular weight is 216 g/mol. The van der Waals surface area contributed by atoms with Gasteiger partial charge in [0.1, 0.15) is 0 Å². The van der Waals surface area contributed by atoms with Gasteiger partial charge in [-0.2, -0.15) is 0 Å². The number of hydrogen-bond acceptors (Lipinski definition) is 4. The number of ether oxygens (including phenoxy) is 2. The fraction of sp³-hybridized carbons (Fsp3) is 1.00. The number of hydrogen-bond donors (Lipinski definition) is 1. The SMILES string of the molecule is CCOC(CN)CN1CCOCC1CC. The quantitative estimate of drug-likeness (QED) is 0.701. The fourth-order valence-electron chi connectivity index (χ4n) is 2.00. The Morgan fingerprint density at radius 1 is 1.53 bits per heavy atom. The number of rotatable bonds is 6. The van der Waals surface area contributed by atoms with Gasteiger partial charge in [-0.15, -0.1) is 0 Å². The van der Waals surface area contributed by atoms with Gasteiger partial charge in [-0.1, -0.05) is 6.92 Å². The number of nitrogens with zero attached hydrogens (tertiary/aromatic N) is 1. The molecule has 0 bridgehead atoms. The van der Waals surface area contributed by atoms with E-state index in [4.69, 9.17) is 15.2 Å². The minimum Gasteiger partial charge on any atom is -0.378 e. The highest BCUT2D eigenvalue weighted by molar-refractivity contribution is 4.77. The Balaban J connectivity index is 2.38. The van der Waals surface area contributed by atoms with Gasteiger partial charge in [-0.05, 0) is 13.3 Å². The van der Waals surface area contributed by atoms with Crippen molar-refractivity contribution in [2.24, 2.45) is 5.73 Å². The van der Waals surface area contributed by atoms with Gasteiger partial charge in [0, 0.05) is 32.3 Å². The second-order valence-electron chi connectivity index (χ2n) is 3.94. The molecule has 0 saturated carbocycles. The van der Waals surface area contributed by atoms with E-state index in [0.717, 1.165) is 39.3 Å². The molecule has 15 heavy (non-hydrogen) atoms. The second-order valence-corrected chi connectivity index (χ2v) is 3.94. The van der Waals surface area contributed by atoms with Crippen LogP contribution in [0.2, 0.25) is 0 Å². The maximum absolute atomic E-state index is 5.68. The summed E-state index contributed by atoms with van der Waals surface area (Å²) in [7, 11) is 0. The van der Waals surface area contributed by atoms with E-state index < -0.39 is 0 Å². The van der Waals surface area contributed by atoms with Gasteiger partial charge in [0.2, 0.25) is 0 Å². The molecule has 2 unspecified atom stereocenters. The van der Waals surface area contributed by atoms with Crippen LogP contribution in [0.3, 0.4) is 0 Å². The molecular formula is C11H24N2O2.